The zero-order valence-corrected chi connectivity index (χ0v) is 11.2. The van der Waals surface area contributed by atoms with Gasteiger partial charge in [-0.25, -0.2) is 4.98 Å². The van der Waals surface area contributed by atoms with E-state index in [0.29, 0.717) is 18.2 Å². The number of nitrogens with two attached hydrogens (primary N) is 1. The van der Waals surface area contributed by atoms with E-state index in [0.717, 1.165) is 6.42 Å². The molecule has 0 unspecified atom stereocenters. The monoisotopic (exact) mass is 253 g/mol. The number of hydrogen-bond donors (Lipinski definition) is 1. The lowest BCUT2D eigenvalue weighted by Crippen LogP contribution is -2.23. The molecule has 18 heavy (non-hydrogen) atoms. The third kappa shape index (κ3) is 3.28. The fourth-order valence-corrected chi connectivity index (χ4v) is 1.61. The van der Waals surface area contributed by atoms with Crippen molar-refractivity contribution in [1.29, 1.82) is 0 Å². The Balaban J connectivity index is 3.09. The molecular weight excluding hydrogens is 234 g/mol. The summed E-state index contributed by atoms with van der Waals surface area (Å²) in [5.74, 6) is 0.863. The highest BCUT2D eigenvalue weighted by Gasteiger charge is 2.24. The summed E-state index contributed by atoms with van der Waals surface area (Å²) < 4.78 is 0. The molecule has 0 amide bonds. The third-order valence-corrected chi connectivity index (χ3v) is 2.64. The second-order valence-electron chi connectivity index (χ2n) is 4.70. The third-order valence-electron chi connectivity index (χ3n) is 2.64. The Morgan fingerprint density at radius 2 is 2.06 bits per heavy atom. The van der Waals surface area contributed by atoms with E-state index in [1.807, 2.05) is 0 Å². The van der Waals surface area contributed by atoms with E-state index in [4.69, 9.17) is 5.73 Å². The van der Waals surface area contributed by atoms with Gasteiger partial charge in [-0.15, -0.1) is 0 Å². The van der Waals surface area contributed by atoms with Crippen LogP contribution in [-0.4, -0.2) is 28.5 Å². The number of aromatic nitrogens is 2. The maximum atomic E-state index is 11.1. The smallest absolute Gasteiger partial charge is 0.332 e. The first-order valence-corrected chi connectivity index (χ1v) is 5.82. The van der Waals surface area contributed by atoms with E-state index in [9.17, 15) is 10.1 Å². The Morgan fingerprint density at radius 3 is 2.56 bits per heavy atom. The molecule has 2 N–H and O–H groups in total. The molecule has 0 aliphatic rings. The Morgan fingerprint density at radius 1 is 1.44 bits per heavy atom. The van der Waals surface area contributed by atoms with Crippen LogP contribution < -0.4 is 10.6 Å². The highest BCUT2D eigenvalue weighted by atomic mass is 16.6. The van der Waals surface area contributed by atoms with Crippen molar-refractivity contribution in [2.45, 2.75) is 27.2 Å². The average Bonchev–Trinajstić information content (AvgIpc) is 2.23. The number of rotatable bonds is 5. The average molecular weight is 253 g/mol. The van der Waals surface area contributed by atoms with Crippen molar-refractivity contribution in [3.8, 4) is 0 Å². The van der Waals surface area contributed by atoms with Gasteiger partial charge in [0.15, 0.2) is 0 Å². The number of nitro groups is 1. The first-order valence-electron chi connectivity index (χ1n) is 5.82. The van der Waals surface area contributed by atoms with E-state index in [2.05, 4.69) is 23.8 Å². The Bertz CT molecular complexity index is 447. The standard InChI is InChI=1S/C11H19N5O2/c1-7(2)5-6-15(4)10-9(16(17)18)8(3)13-11(12)14-10/h7H,5-6H2,1-4H3,(H2,12,13,14). The molecule has 0 saturated carbocycles. The lowest BCUT2D eigenvalue weighted by atomic mass is 10.1. The SMILES string of the molecule is Cc1nc(N)nc(N(C)CCC(C)C)c1[N+](=O)[O-]. The van der Waals surface area contributed by atoms with E-state index in [-0.39, 0.29) is 17.5 Å². The highest BCUT2D eigenvalue weighted by molar-refractivity contribution is 5.61. The molecule has 1 rings (SSSR count). The molecular formula is C11H19N5O2. The van der Waals surface area contributed by atoms with Gasteiger partial charge in [-0.2, -0.15) is 4.98 Å². The summed E-state index contributed by atoms with van der Waals surface area (Å²) in [4.78, 5) is 20.2. The van der Waals surface area contributed by atoms with Crippen molar-refractivity contribution in [3.05, 3.63) is 15.8 Å². The normalized spacial score (nSPS) is 10.7. The quantitative estimate of drug-likeness (QED) is 0.634. The van der Waals surface area contributed by atoms with E-state index >= 15 is 0 Å². The van der Waals surface area contributed by atoms with Crippen molar-refractivity contribution in [3.63, 3.8) is 0 Å². The first kappa shape index (κ1) is 14.1. The van der Waals surface area contributed by atoms with Gasteiger partial charge in [0.25, 0.3) is 0 Å². The van der Waals surface area contributed by atoms with Gasteiger partial charge in [0, 0.05) is 13.6 Å². The Hall–Kier alpha value is -1.92. The van der Waals surface area contributed by atoms with Gasteiger partial charge in [0.2, 0.25) is 11.8 Å². The fourth-order valence-electron chi connectivity index (χ4n) is 1.61. The minimum atomic E-state index is -0.462. The Labute approximate surface area is 106 Å². The van der Waals surface area contributed by atoms with Crippen LogP contribution in [0.4, 0.5) is 17.5 Å². The molecule has 0 radical (unpaired) electrons. The van der Waals surface area contributed by atoms with Crippen molar-refractivity contribution < 1.29 is 4.92 Å². The minimum Gasteiger partial charge on any atom is -0.368 e. The maximum absolute atomic E-state index is 11.1. The van der Waals surface area contributed by atoms with Gasteiger partial charge in [0.05, 0.1) is 4.92 Å². The molecule has 1 aromatic heterocycles. The van der Waals surface area contributed by atoms with Crippen molar-refractivity contribution in [1.82, 2.24) is 9.97 Å². The zero-order valence-electron chi connectivity index (χ0n) is 11.2. The van der Waals surface area contributed by atoms with Gasteiger partial charge >= 0.3 is 5.69 Å². The summed E-state index contributed by atoms with van der Waals surface area (Å²) in [6.07, 6.45) is 0.927. The van der Waals surface area contributed by atoms with Crippen LogP contribution in [-0.2, 0) is 0 Å². The van der Waals surface area contributed by atoms with Crippen LogP contribution in [0.5, 0.6) is 0 Å². The summed E-state index contributed by atoms with van der Waals surface area (Å²) in [7, 11) is 1.77. The van der Waals surface area contributed by atoms with Crippen LogP contribution >= 0.6 is 0 Å². The van der Waals surface area contributed by atoms with Gasteiger partial charge in [-0.3, -0.25) is 10.1 Å². The number of nitrogen functional groups attached to an aromatic ring is 1. The molecule has 0 bridgehead atoms. The van der Waals surface area contributed by atoms with E-state index in [1.165, 1.54) is 0 Å². The summed E-state index contributed by atoms with van der Waals surface area (Å²) in [5, 5.41) is 11.1. The Kier molecular flexibility index (Phi) is 4.41. The fraction of sp³-hybridized carbons (Fsp3) is 0.636. The molecule has 0 fully saturated rings. The van der Waals surface area contributed by atoms with Crippen molar-refractivity contribution in [2.75, 3.05) is 24.2 Å². The van der Waals surface area contributed by atoms with Gasteiger partial charge in [-0.05, 0) is 19.3 Å². The first-order chi connectivity index (χ1) is 8.32. The van der Waals surface area contributed by atoms with Crippen molar-refractivity contribution >= 4 is 17.5 Å². The van der Waals surface area contributed by atoms with Crippen LogP contribution in [0.3, 0.4) is 0 Å². The molecule has 0 atom stereocenters. The zero-order chi connectivity index (χ0) is 13.9. The molecule has 1 heterocycles. The molecule has 100 valence electrons. The lowest BCUT2D eigenvalue weighted by molar-refractivity contribution is -0.385. The molecule has 0 saturated heterocycles. The predicted octanol–water partition coefficient (Wildman–Crippen LogP) is 1.76. The van der Waals surface area contributed by atoms with E-state index in [1.54, 1.807) is 18.9 Å². The minimum absolute atomic E-state index is 0.0597. The number of aryl methyl sites for hydroxylation is 1. The molecule has 1 aromatic rings. The van der Waals surface area contributed by atoms with Gasteiger partial charge in [0.1, 0.15) is 5.69 Å². The topological polar surface area (TPSA) is 98.2 Å². The predicted molar refractivity (Wildman–Crippen MR) is 70.6 cm³/mol. The van der Waals surface area contributed by atoms with Crippen molar-refractivity contribution in [2.24, 2.45) is 5.92 Å². The largest absolute Gasteiger partial charge is 0.368 e. The number of hydrogen-bond acceptors (Lipinski definition) is 6. The highest BCUT2D eigenvalue weighted by Crippen LogP contribution is 2.28. The second kappa shape index (κ2) is 5.61. The maximum Gasteiger partial charge on any atom is 0.332 e. The summed E-state index contributed by atoms with van der Waals surface area (Å²) >= 11 is 0. The number of anilines is 2. The second-order valence-corrected chi connectivity index (χ2v) is 4.70. The van der Waals surface area contributed by atoms with Crippen LogP contribution in [0, 0.1) is 23.0 Å². The van der Waals surface area contributed by atoms with Crippen LogP contribution in [0.1, 0.15) is 26.0 Å². The molecule has 7 nitrogen and oxygen atoms in total. The molecule has 0 aliphatic heterocycles. The summed E-state index contributed by atoms with van der Waals surface area (Å²) in [6, 6.07) is 0. The summed E-state index contributed by atoms with van der Waals surface area (Å²) in [6.45, 7) is 6.45. The van der Waals surface area contributed by atoms with Gasteiger partial charge in [-0.1, -0.05) is 13.8 Å². The molecule has 7 heteroatoms. The lowest BCUT2D eigenvalue weighted by Gasteiger charge is -2.19. The molecule has 0 spiro atoms. The number of nitrogens with zero attached hydrogens (tertiary/aromatic N) is 4. The van der Waals surface area contributed by atoms with Crippen LogP contribution in [0.15, 0.2) is 0 Å². The molecule has 0 aromatic carbocycles. The van der Waals surface area contributed by atoms with E-state index < -0.39 is 4.92 Å². The summed E-state index contributed by atoms with van der Waals surface area (Å²) in [5.41, 5.74) is 5.77. The van der Waals surface area contributed by atoms with Crippen LogP contribution in [0.2, 0.25) is 0 Å². The van der Waals surface area contributed by atoms with Gasteiger partial charge < -0.3 is 10.6 Å². The van der Waals surface area contributed by atoms with Crippen LogP contribution in [0.25, 0.3) is 0 Å². The molecule has 0 aliphatic carbocycles.